The van der Waals surface area contributed by atoms with E-state index in [1.165, 1.54) is 13.3 Å². The first-order valence-electron chi connectivity index (χ1n) is 9.35. The zero-order chi connectivity index (χ0) is 20.5. The van der Waals surface area contributed by atoms with Crippen molar-refractivity contribution in [3.8, 4) is 0 Å². The molecule has 3 N–H and O–H groups in total. The van der Waals surface area contributed by atoms with E-state index in [0.29, 0.717) is 24.4 Å². The highest BCUT2D eigenvalue weighted by Crippen LogP contribution is 2.41. The third-order valence-electron chi connectivity index (χ3n) is 5.23. The number of hydrogen-bond acceptors (Lipinski definition) is 9. The number of nitrogens with one attached hydrogen (secondary N) is 1. The van der Waals surface area contributed by atoms with Gasteiger partial charge in [-0.15, -0.1) is 0 Å². The molecule has 10 heteroatoms. The Hall–Kier alpha value is -2.30. The maximum absolute atomic E-state index is 11.9. The predicted molar refractivity (Wildman–Crippen MR) is 99.2 cm³/mol. The summed E-state index contributed by atoms with van der Waals surface area (Å²) in [6.45, 7) is 4.71. The maximum Gasteiger partial charge on any atom is 0.302 e. The van der Waals surface area contributed by atoms with E-state index >= 15 is 0 Å². The molecular weight excluding hydrogens is 368 g/mol. The molecule has 0 aromatic carbocycles. The fraction of sp³-hybridized carbons (Fsp3) is 0.667. The lowest BCUT2D eigenvalue weighted by molar-refractivity contribution is -0.152. The van der Waals surface area contributed by atoms with Crippen LogP contribution >= 0.6 is 0 Å². The van der Waals surface area contributed by atoms with Gasteiger partial charge in [0.05, 0.1) is 11.7 Å². The van der Waals surface area contributed by atoms with Crippen LogP contribution in [0.5, 0.6) is 0 Å². The van der Waals surface area contributed by atoms with Gasteiger partial charge in [0.2, 0.25) is 5.91 Å². The summed E-state index contributed by atoms with van der Waals surface area (Å²) in [6, 6.07) is -0.431. The molecule has 0 aromatic rings. The number of aliphatic hydroxyl groups excluding tert-OH is 2. The first-order chi connectivity index (χ1) is 13.3. The SMILES string of the molecule is CCCC(=O)NC1=NC=NN2C1=CCC2[C@]1(C)O[C@H](COC(C)=O)[C@@H](O)[C@H]1O. The molecule has 0 radical (unpaired) electrons. The molecule has 0 spiro atoms. The van der Waals surface area contributed by atoms with Gasteiger partial charge < -0.3 is 25.0 Å². The van der Waals surface area contributed by atoms with Crippen molar-refractivity contribution in [1.29, 1.82) is 0 Å². The molecule has 154 valence electrons. The van der Waals surface area contributed by atoms with Crippen LogP contribution in [-0.4, -0.2) is 75.8 Å². The van der Waals surface area contributed by atoms with Crippen LogP contribution in [0.15, 0.2) is 21.9 Å². The number of esters is 1. The van der Waals surface area contributed by atoms with Crippen LogP contribution in [0.25, 0.3) is 0 Å². The highest BCUT2D eigenvalue weighted by molar-refractivity contribution is 6.10. The number of carbonyl (C=O) groups excluding carboxylic acids is 2. The number of amidine groups is 1. The van der Waals surface area contributed by atoms with Gasteiger partial charge in [-0.1, -0.05) is 13.0 Å². The highest BCUT2D eigenvalue weighted by Gasteiger charge is 2.58. The van der Waals surface area contributed by atoms with Crippen molar-refractivity contribution >= 4 is 24.1 Å². The zero-order valence-electron chi connectivity index (χ0n) is 16.2. The Bertz CT molecular complexity index is 736. The third-order valence-corrected chi connectivity index (χ3v) is 5.23. The van der Waals surface area contributed by atoms with Gasteiger partial charge in [0.25, 0.3) is 0 Å². The van der Waals surface area contributed by atoms with E-state index in [1.807, 2.05) is 13.0 Å². The van der Waals surface area contributed by atoms with E-state index in [1.54, 1.807) is 11.9 Å². The molecule has 0 aromatic heterocycles. The van der Waals surface area contributed by atoms with Gasteiger partial charge in [-0.25, -0.2) is 4.99 Å². The van der Waals surface area contributed by atoms with E-state index in [4.69, 9.17) is 9.47 Å². The number of ether oxygens (including phenoxy) is 2. The number of rotatable bonds is 5. The molecule has 1 fully saturated rings. The lowest BCUT2D eigenvalue weighted by Gasteiger charge is -2.39. The van der Waals surface area contributed by atoms with E-state index in [-0.39, 0.29) is 12.5 Å². The fourth-order valence-corrected chi connectivity index (χ4v) is 3.75. The molecule has 1 saturated heterocycles. The maximum atomic E-state index is 11.9. The summed E-state index contributed by atoms with van der Waals surface area (Å²) in [6.07, 6.45) is 1.50. The number of carbonyl (C=O) groups is 2. The van der Waals surface area contributed by atoms with E-state index in [9.17, 15) is 19.8 Å². The number of hydrazone groups is 1. The summed E-state index contributed by atoms with van der Waals surface area (Å²) in [7, 11) is 0. The summed E-state index contributed by atoms with van der Waals surface area (Å²) >= 11 is 0. The standard InChI is InChI=1S/C18H26N4O6/c1-4-5-14(24)21-17-11-6-7-13(22(11)20-9-19-17)18(3)16(26)15(25)12(28-18)8-27-10(2)23/h6,9,12-13,15-16,25-26H,4-5,7-8H2,1-3H3,(H,19,20,21,24)/t12-,13?,15-,16-,18+/m1/s1. The van der Waals surface area contributed by atoms with Crippen LogP contribution in [0.2, 0.25) is 0 Å². The molecule has 0 bridgehead atoms. The normalized spacial score (nSPS) is 34.0. The smallest absolute Gasteiger partial charge is 0.302 e. The van der Waals surface area contributed by atoms with Crippen LogP contribution in [-0.2, 0) is 19.1 Å². The zero-order valence-corrected chi connectivity index (χ0v) is 16.2. The summed E-state index contributed by atoms with van der Waals surface area (Å²) in [5.41, 5.74) is -0.553. The number of amides is 1. The monoisotopic (exact) mass is 394 g/mol. The van der Waals surface area contributed by atoms with Crippen molar-refractivity contribution in [2.75, 3.05) is 6.61 Å². The Morgan fingerprint density at radius 1 is 1.46 bits per heavy atom. The molecule has 0 saturated carbocycles. The van der Waals surface area contributed by atoms with E-state index in [0.717, 1.165) is 6.42 Å². The summed E-state index contributed by atoms with van der Waals surface area (Å²) in [5.74, 6) is -0.238. The van der Waals surface area contributed by atoms with Crippen LogP contribution in [0, 0.1) is 0 Å². The predicted octanol–water partition coefficient (Wildman–Crippen LogP) is -0.341. The van der Waals surface area contributed by atoms with E-state index < -0.39 is 35.9 Å². The Morgan fingerprint density at radius 2 is 2.21 bits per heavy atom. The minimum Gasteiger partial charge on any atom is -0.463 e. The van der Waals surface area contributed by atoms with Crippen molar-refractivity contribution < 1.29 is 29.3 Å². The molecule has 3 heterocycles. The first-order valence-corrected chi connectivity index (χ1v) is 9.35. The quantitative estimate of drug-likeness (QED) is 0.543. The van der Waals surface area contributed by atoms with Crippen LogP contribution in [0.4, 0.5) is 0 Å². The van der Waals surface area contributed by atoms with Crippen molar-refractivity contribution in [3.05, 3.63) is 11.8 Å². The minimum absolute atomic E-state index is 0.138. The average Bonchev–Trinajstić information content (AvgIpc) is 3.17. The van der Waals surface area contributed by atoms with E-state index in [2.05, 4.69) is 15.4 Å². The molecule has 0 aliphatic carbocycles. The molecular formula is C18H26N4O6. The van der Waals surface area contributed by atoms with Crippen molar-refractivity contribution in [3.63, 3.8) is 0 Å². The largest absolute Gasteiger partial charge is 0.463 e. The van der Waals surface area contributed by atoms with Gasteiger partial charge in [-0.05, 0) is 19.8 Å². The second-order valence-electron chi connectivity index (χ2n) is 7.27. The molecule has 5 atom stereocenters. The lowest BCUT2D eigenvalue weighted by atomic mass is 9.87. The first kappa shape index (κ1) is 20.4. The van der Waals surface area contributed by atoms with Gasteiger partial charge in [0.1, 0.15) is 36.9 Å². The molecule has 3 aliphatic rings. The van der Waals surface area contributed by atoms with Gasteiger partial charge in [-0.3, -0.25) is 14.6 Å². The van der Waals surface area contributed by atoms with Crippen molar-refractivity contribution in [2.45, 2.75) is 70.0 Å². The summed E-state index contributed by atoms with van der Waals surface area (Å²) in [5, 5.41) is 29.7. The topological polar surface area (TPSA) is 133 Å². The molecule has 28 heavy (non-hydrogen) atoms. The minimum atomic E-state index is -1.21. The third kappa shape index (κ3) is 3.67. The van der Waals surface area contributed by atoms with Gasteiger partial charge in [0.15, 0.2) is 5.84 Å². The number of aliphatic imine (C=N–C) groups is 1. The number of hydrogen-bond donors (Lipinski definition) is 3. The van der Waals surface area contributed by atoms with Crippen LogP contribution in [0.3, 0.4) is 0 Å². The van der Waals surface area contributed by atoms with Gasteiger partial charge in [-0.2, -0.15) is 5.10 Å². The van der Waals surface area contributed by atoms with Crippen molar-refractivity contribution in [2.24, 2.45) is 10.1 Å². The number of fused-ring (bicyclic) bond motifs is 1. The molecule has 10 nitrogen and oxygen atoms in total. The van der Waals surface area contributed by atoms with Crippen LogP contribution in [0.1, 0.15) is 40.0 Å². The highest BCUT2D eigenvalue weighted by atomic mass is 16.6. The Labute approximate surface area is 162 Å². The van der Waals surface area contributed by atoms with Crippen LogP contribution < -0.4 is 5.32 Å². The number of aliphatic hydroxyl groups is 2. The van der Waals surface area contributed by atoms with Gasteiger partial charge in [0, 0.05) is 13.3 Å². The molecule has 3 aliphatic heterocycles. The fourth-order valence-electron chi connectivity index (χ4n) is 3.75. The van der Waals surface area contributed by atoms with Gasteiger partial charge >= 0.3 is 5.97 Å². The Morgan fingerprint density at radius 3 is 2.89 bits per heavy atom. The van der Waals surface area contributed by atoms with Crippen molar-refractivity contribution in [1.82, 2.24) is 10.3 Å². The second-order valence-corrected chi connectivity index (χ2v) is 7.27. The molecule has 1 amide bonds. The number of nitrogens with zero attached hydrogens (tertiary/aromatic N) is 3. The Kier molecular flexibility index (Phi) is 5.82. The summed E-state index contributed by atoms with van der Waals surface area (Å²) in [4.78, 5) is 27.2. The Balaban J connectivity index is 1.74. The molecule has 1 unspecified atom stereocenters. The summed E-state index contributed by atoms with van der Waals surface area (Å²) < 4.78 is 10.9. The lowest BCUT2D eigenvalue weighted by Crippen LogP contribution is -2.55. The molecule has 3 rings (SSSR count). The average molecular weight is 394 g/mol. The second kappa shape index (κ2) is 7.98.